The SMILES string of the molecule is CCCNC(=O)[C@H](CC)N(Cc1c(Cl)cccc1Cl)C(=O)CN(c1ccc(C(C)C)cc1)S(=O)(=O)c1ccc(C)cc1. The van der Waals surface area contributed by atoms with E-state index in [0.29, 0.717) is 34.3 Å². The molecule has 3 rings (SSSR count). The molecule has 0 radical (unpaired) electrons. The van der Waals surface area contributed by atoms with Crippen LogP contribution < -0.4 is 9.62 Å². The number of carbonyl (C=O) groups is 2. The average molecular weight is 633 g/mol. The van der Waals surface area contributed by atoms with Crippen LogP contribution in [0.25, 0.3) is 0 Å². The maximum absolute atomic E-state index is 14.2. The van der Waals surface area contributed by atoms with E-state index in [1.807, 2.05) is 39.8 Å². The molecule has 3 aromatic carbocycles. The predicted molar refractivity (Wildman–Crippen MR) is 171 cm³/mol. The van der Waals surface area contributed by atoms with E-state index in [9.17, 15) is 18.0 Å². The summed E-state index contributed by atoms with van der Waals surface area (Å²) in [4.78, 5) is 28.9. The highest BCUT2D eigenvalue weighted by molar-refractivity contribution is 7.92. The van der Waals surface area contributed by atoms with E-state index >= 15 is 0 Å². The van der Waals surface area contributed by atoms with Gasteiger partial charge in [-0.3, -0.25) is 13.9 Å². The number of halogens is 2. The number of nitrogens with one attached hydrogen (secondary N) is 1. The molecule has 0 fully saturated rings. The molecular weight excluding hydrogens is 593 g/mol. The molecule has 0 aromatic heterocycles. The van der Waals surface area contributed by atoms with Crippen LogP contribution in [0.15, 0.2) is 71.6 Å². The molecule has 0 heterocycles. The summed E-state index contributed by atoms with van der Waals surface area (Å²) in [5.74, 6) is -0.649. The fourth-order valence-corrected chi connectivity index (χ4v) is 6.46. The van der Waals surface area contributed by atoms with Gasteiger partial charge in [0.2, 0.25) is 11.8 Å². The van der Waals surface area contributed by atoms with Crippen LogP contribution in [0.4, 0.5) is 5.69 Å². The Hall–Kier alpha value is -3.07. The molecule has 42 heavy (non-hydrogen) atoms. The highest BCUT2D eigenvalue weighted by Crippen LogP contribution is 2.29. The van der Waals surface area contributed by atoms with E-state index in [1.165, 1.54) is 17.0 Å². The lowest BCUT2D eigenvalue weighted by Crippen LogP contribution is -2.52. The topological polar surface area (TPSA) is 86.8 Å². The molecule has 0 spiro atoms. The van der Waals surface area contributed by atoms with Crippen LogP contribution in [-0.2, 0) is 26.2 Å². The maximum Gasteiger partial charge on any atom is 0.264 e. The lowest BCUT2D eigenvalue weighted by molar-refractivity contribution is -0.140. The summed E-state index contributed by atoms with van der Waals surface area (Å²) in [5, 5.41) is 3.56. The van der Waals surface area contributed by atoms with Crippen LogP contribution in [0, 0.1) is 6.92 Å². The average Bonchev–Trinajstić information content (AvgIpc) is 2.96. The number of carbonyl (C=O) groups excluding carboxylic acids is 2. The third-order valence-corrected chi connectivity index (χ3v) is 9.56. The summed E-state index contributed by atoms with van der Waals surface area (Å²) in [6.07, 6.45) is 1.03. The molecule has 2 amide bonds. The van der Waals surface area contributed by atoms with Crippen molar-refractivity contribution < 1.29 is 18.0 Å². The van der Waals surface area contributed by atoms with Crippen LogP contribution in [0.3, 0.4) is 0 Å². The number of rotatable bonds is 13. The number of hydrogen-bond acceptors (Lipinski definition) is 4. The Labute approximate surface area is 259 Å². The van der Waals surface area contributed by atoms with E-state index < -0.39 is 28.5 Å². The van der Waals surface area contributed by atoms with Gasteiger partial charge in [-0.15, -0.1) is 0 Å². The molecule has 1 atom stereocenters. The molecule has 226 valence electrons. The van der Waals surface area contributed by atoms with Gasteiger partial charge in [0.25, 0.3) is 10.0 Å². The molecule has 0 aliphatic carbocycles. The molecule has 0 aliphatic rings. The Kier molecular flexibility index (Phi) is 11.9. The summed E-state index contributed by atoms with van der Waals surface area (Å²) < 4.78 is 29.2. The summed E-state index contributed by atoms with van der Waals surface area (Å²) in [5.41, 5.74) is 2.76. The van der Waals surface area contributed by atoms with Gasteiger partial charge in [0.1, 0.15) is 12.6 Å². The Bertz CT molecular complexity index is 1460. The number of hydrogen-bond donors (Lipinski definition) is 1. The summed E-state index contributed by atoms with van der Waals surface area (Å²) in [6, 6.07) is 17.7. The monoisotopic (exact) mass is 631 g/mol. The first-order valence-electron chi connectivity index (χ1n) is 14.1. The third-order valence-electron chi connectivity index (χ3n) is 7.06. The van der Waals surface area contributed by atoms with Crippen molar-refractivity contribution in [1.29, 1.82) is 0 Å². The molecule has 0 saturated carbocycles. The van der Waals surface area contributed by atoms with Crippen LogP contribution in [-0.4, -0.2) is 44.3 Å². The van der Waals surface area contributed by atoms with Gasteiger partial charge in [0, 0.05) is 28.7 Å². The molecule has 10 heteroatoms. The Morgan fingerprint density at radius 3 is 2.02 bits per heavy atom. The van der Waals surface area contributed by atoms with Crippen LogP contribution in [0.2, 0.25) is 10.0 Å². The highest BCUT2D eigenvalue weighted by atomic mass is 35.5. The van der Waals surface area contributed by atoms with Crippen molar-refractivity contribution in [2.45, 2.75) is 70.9 Å². The summed E-state index contributed by atoms with van der Waals surface area (Å²) >= 11 is 12.9. The second-order valence-electron chi connectivity index (χ2n) is 10.5. The van der Waals surface area contributed by atoms with E-state index in [0.717, 1.165) is 21.9 Å². The van der Waals surface area contributed by atoms with Gasteiger partial charge in [-0.25, -0.2) is 8.42 Å². The van der Waals surface area contributed by atoms with Gasteiger partial charge >= 0.3 is 0 Å². The van der Waals surface area contributed by atoms with Crippen molar-refractivity contribution >= 4 is 50.7 Å². The summed E-state index contributed by atoms with van der Waals surface area (Å²) in [6.45, 7) is 9.55. The van der Waals surface area contributed by atoms with Crippen molar-refractivity contribution in [3.8, 4) is 0 Å². The van der Waals surface area contributed by atoms with Gasteiger partial charge in [-0.05, 0) is 67.6 Å². The van der Waals surface area contributed by atoms with Gasteiger partial charge < -0.3 is 10.2 Å². The smallest absolute Gasteiger partial charge is 0.264 e. The first-order valence-corrected chi connectivity index (χ1v) is 16.3. The first kappa shape index (κ1) is 33.4. The molecule has 0 unspecified atom stereocenters. The van der Waals surface area contributed by atoms with Crippen molar-refractivity contribution in [2.75, 3.05) is 17.4 Å². The Morgan fingerprint density at radius 2 is 1.50 bits per heavy atom. The van der Waals surface area contributed by atoms with Gasteiger partial charge in [-0.2, -0.15) is 0 Å². The number of aryl methyl sites for hydroxylation is 1. The molecule has 0 bridgehead atoms. The zero-order valence-corrected chi connectivity index (χ0v) is 27.1. The first-order chi connectivity index (χ1) is 19.9. The fraction of sp³-hybridized carbons (Fsp3) is 0.375. The molecule has 7 nitrogen and oxygen atoms in total. The van der Waals surface area contributed by atoms with Gasteiger partial charge in [-0.1, -0.05) is 86.8 Å². The lowest BCUT2D eigenvalue weighted by Gasteiger charge is -2.33. The number of amides is 2. The van der Waals surface area contributed by atoms with Crippen molar-refractivity contribution in [2.24, 2.45) is 0 Å². The van der Waals surface area contributed by atoms with E-state index in [1.54, 1.807) is 49.4 Å². The van der Waals surface area contributed by atoms with Crippen molar-refractivity contribution in [3.63, 3.8) is 0 Å². The predicted octanol–water partition coefficient (Wildman–Crippen LogP) is 6.95. The number of benzene rings is 3. The molecule has 0 saturated heterocycles. The van der Waals surface area contributed by atoms with Gasteiger partial charge in [0.05, 0.1) is 10.6 Å². The van der Waals surface area contributed by atoms with Crippen LogP contribution in [0.5, 0.6) is 0 Å². The normalized spacial score (nSPS) is 12.2. The minimum Gasteiger partial charge on any atom is -0.354 e. The standard InChI is InChI=1S/C32H39Cl2N3O4S/c1-6-19-35-32(39)30(7-2)36(20-27-28(33)9-8-10-29(27)34)31(38)21-37(25-15-13-24(14-16-25)22(3)4)42(40,41)26-17-11-23(5)12-18-26/h8-18,22,30H,6-7,19-21H2,1-5H3,(H,35,39)/t30-/m0/s1. The number of anilines is 1. The van der Waals surface area contributed by atoms with Crippen molar-refractivity contribution in [3.05, 3.63) is 93.5 Å². The Balaban J connectivity index is 2.10. The molecule has 1 N–H and O–H groups in total. The highest BCUT2D eigenvalue weighted by Gasteiger charge is 2.34. The fourth-order valence-electron chi connectivity index (χ4n) is 4.53. The largest absolute Gasteiger partial charge is 0.354 e. The minimum atomic E-state index is -4.16. The molecule has 0 aliphatic heterocycles. The van der Waals surface area contributed by atoms with Crippen LogP contribution in [0.1, 0.15) is 63.1 Å². The van der Waals surface area contributed by atoms with Gasteiger partial charge in [0.15, 0.2) is 0 Å². The zero-order chi connectivity index (χ0) is 31.0. The lowest BCUT2D eigenvalue weighted by atomic mass is 10.0. The third kappa shape index (κ3) is 8.06. The van der Waals surface area contributed by atoms with Crippen molar-refractivity contribution in [1.82, 2.24) is 10.2 Å². The summed E-state index contributed by atoms with van der Waals surface area (Å²) in [7, 11) is -4.16. The van der Waals surface area contributed by atoms with E-state index in [4.69, 9.17) is 23.2 Å². The van der Waals surface area contributed by atoms with E-state index in [-0.39, 0.29) is 23.3 Å². The quantitative estimate of drug-likeness (QED) is 0.221. The van der Waals surface area contributed by atoms with E-state index in [2.05, 4.69) is 5.32 Å². The maximum atomic E-state index is 14.2. The number of nitrogens with zero attached hydrogens (tertiary/aromatic N) is 2. The molecular formula is C32H39Cl2N3O4S. The second-order valence-corrected chi connectivity index (χ2v) is 13.2. The zero-order valence-electron chi connectivity index (χ0n) is 24.7. The minimum absolute atomic E-state index is 0.0577. The second kappa shape index (κ2) is 14.9. The molecule has 3 aromatic rings. The van der Waals surface area contributed by atoms with Crippen LogP contribution >= 0.6 is 23.2 Å². The Morgan fingerprint density at radius 1 is 0.905 bits per heavy atom. The number of sulfonamides is 1.